The highest BCUT2D eigenvalue weighted by Gasteiger charge is 2.06. The Labute approximate surface area is 119 Å². The van der Waals surface area contributed by atoms with Crippen LogP contribution in [-0.2, 0) is 0 Å². The molecule has 0 aliphatic heterocycles. The van der Waals surface area contributed by atoms with E-state index in [-0.39, 0.29) is 0 Å². The molecule has 0 aliphatic rings. The standard InChI is InChI=1S/C16H11N3S/c1-2-7-12(8-3-1)17-16-19-14-10-11-6-4-5-9-13(11)18-15(14)20-16/h1-10H,(H,17,19). The molecule has 0 atom stereocenters. The van der Waals surface area contributed by atoms with Crippen LogP contribution in [0, 0.1) is 0 Å². The molecule has 3 nitrogen and oxygen atoms in total. The van der Waals surface area contributed by atoms with E-state index in [1.807, 2.05) is 48.5 Å². The summed E-state index contributed by atoms with van der Waals surface area (Å²) in [4.78, 5) is 10.2. The van der Waals surface area contributed by atoms with Crippen LogP contribution in [0.3, 0.4) is 0 Å². The summed E-state index contributed by atoms with van der Waals surface area (Å²) in [7, 11) is 0. The number of thiazole rings is 1. The Balaban J connectivity index is 1.80. The second kappa shape index (κ2) is 4.58. The molecule has 4 heteroatoms. The Morgan fingerprint density at radius 2 is 1.60 bits per heavy atom. The predicted molar refractivity (Wildman–Crippen MR) is 84.6 cm³/mol. The van der Waals surface area contributed by atoms with Gasteiger partial charge in [-0.1, -0.05) is 47.7 Å². The molecule has 1 N–H and O–H groups in total. The van der Waals surface area contributed by atoms with Crippen molar-refractivity contribution in [1.29, 1.82) is 0 Å². The van der Waals surface area contributed by atoms with Crippen LogP contribution in [0.2, 0.25) is 0 Å². The van der Waals surface area contributed by atoms with Gasteiger partial charge < -0.3 is 5.32 Å². The minimum atomic E-state index is 0.869. The van der Waals surface area contributed by atoms with E-state index in [0.29, 0.717) is 0 Å². The molecule has 2 heterocycles. The third-order valence-electron chi connectivity index (χ3n) is 3.11. The molecule has 0 bridgehead atoms. The highest BCUT2D eigenvalue weighted by Crippen LogP contribution is 2.29. The SMILES string of the molecule is c1ccc(Nc2nc3cc4ccccc4nc3s2)cc1. The Hall–Kier alpha value is -2.46. The van der Waals surface area contributed by atoms with Crippen molar-refractivity contribution in [2.75, 3.05) is 5.32 Å². The van der Waals surface area contributed by atoms with Crippen molar-refractivity contribution in [2.24, 2.45) is 0 Å². The molecule has 2 aromatic carbocycles. The zero-order valence-corrected chi connectivity index (χ0v) is 11.4. The summed E-state index contributed by atoms with van der Waals surface area (Å²) >= 11 is 1.57. The van der Waals surface area contributed by atoms with Gasteiger partial charge in [0.2, 0.25) is 0 Å². The lowest BCUT2D eigenvalue weighted by Gasteiger charge is -1.99. The average molecular weight is 277 g/mol. The van der Waals surface area contributed by atoms with Crippen LogP contribution >= 0.6 is 11.3 Å². The molecule has 0 spiro atoms. The maximum Gasteiger partial charge on any atom is 0.189 e. The highest BCUT2D eigenvalue weighted by atomic mass is 32.1. The van der Waals surface area contributed by atoms with Crippen molar-refractivity contribution in [1.82, 2.24) is 9.97 Å². The Bertz CT molecular complexity index is 831. The second-order valence-corrected chi connectivity index (χ2v) is 5.49. The molecule has 0 saturated heterocycles. The van der Waals surface area contributed by atoms with Gasteiger partial charge in [0, 0.05) is 11.1 Å². The van der Waals surface area contributed by atoms with Gasteiger partial charge in [-0.05, 0) is 24.3 Å². The molecule has 96 valence electrons. The Morgan fingerprint density at radius 3 is 2.50 bits per heavy atom. The first-order valence-electron chi connectivity index (χ1n) is 6.37. The molecule has 0 fully saturated rings. The molecule has 2 aromatic heterocycles. The molecule has 20 heavy (non-hydrogen) atoms. The average Bonchev–Trinajstić information content (AvgIpc) is 2.86. The van der Waals surface area contributed by atoms with E-state index in [9.17, 15) is 0 Å². The van der Waals surface area contributed by atoms with Gasteiger partial charge >= 0.3 is 0 Å². The topological polar surface area (TPSA) is 37.8 Å². The summed E-state index contributed by atoms with van der Waals surface area (Å²) in [6.07, 6.45) is 0. The van der Waals surface area contributed by atoms with Gasteiger partial charge in [0.15, 0.2) is 5.13 Å². The molecule has 0 saturated carbocycles. The van der Waals surface area contributed by atoms with E-state index in [2.05, 4.69) is 27.4 Å². The first-order chi connectivity index (χ1) is 9.88. The van der Waals surface area contributed by atoms with E-state index < -0.39 is 0 Å². The normalized spacial score (nSPS) is 11.0. The van der Waals surface area contributed by atoms with Crippen molar-refractivity contribution in [3.8, 4) is 0 Å². The van der Waals surface area contributed by atoms with Crippen LogP contribution < -0.4 is 5.32 Å². The fourth-order valence-corrected chi connectivity index (χ4v) is 3.01. The summed E-state index contributed by atoms with van der Waals surface area (Å²) in [5.41, 5.74) is 2.98. The number of hydrogen-bond donors (Lipinski definition) is 1. The van der Waals surface area contributed by atoms with Crippen molar-refractivity contribution in [3.63, 3.8) is 0 Å². The molecule has 4 rings (SSSR count). The Morgan fingerprint density at radius 1 is 0.800 bits per heavy atom. The van der Waals surface area contributed by atoms with Crippen LogP contribution in [0.5, 0.6) is 0 Å². The van der Waals surface area contributed by atoms with Gasteiger partial charge in [0.1, 0.15) is 10.3 Å². The first-order valence-corrected chi connectivity index (χ1v) is 7.18. The summed E-state index contributed by atoms with van der Waals surface area (Å²) in [5, 5.41) is 5.31. The Kier molecular flexibility index (Phi) is 2.60. The minimum Gasteiger partial charge on any atom is -0.331 e. The van der Waals surface area contributed by atoms with Crippen LogP contribution in [0.15, 0.2) is 60.7 Å². The number of rotatable bonds is 2. The fourth-order valence-electron chi connectivity index (χ4n) is 2.16. The monoisotopic (exact) mass is 277 g/mol. The lowest BCUT2D eigenvalue weighted by molar-refractivity contribution is 1.43. The summed E-state index contributed by atoms with van der Waals surface area (Å²) in [5.74, 6) is 0. The van der Waals surface area contributed by atoms with Gasteiger partial charge in [-0.25, -0.2) is 9.97 Å². The lowest BCUT2D eigenvalue weighted by atomic mass is 10.2. The number of nitrogens with one attached hydrogen (secondary N) is 1. The number of benzene rings is 2. The van der Waals surface area contributed by atoms with Gasteiger partial charge in [-0.3, -0.25) is 0 Å². The number of anilines is 2. The van der Waals surface area contributed by atoms with Crippen molar-refractivity contribution >= 4 is 43.4 Å². The number of nitrogens with zero attached hydrogens (tertiary/aromatic N) is 2. The molecule has 4 aromatic rings. The summed E-state index contributed by atoms with van der Waals surface area (Å²) in [6, 6.07) is 20.2. The van der Waals surface area contributed by atoms with E-state index in [1.54, 1.807) is 11.3 Å². The summed E-state index contributed by atoms with van der Waals surface area (Å²) < 4.78 is 0. The van der Waals surface area contributed by atoms with Crippen LogP contribution in [0.4, 0.5) is 10.8 Å². The third kappa shape index (κ3) is 2.00. The van der Waals surface area contributed by atoms with Gasteiger partial charge in [-0.2, -0.15) is 0 Å². The van der Waals surface area contributed by atoms with E-state index in [0.717, 1.165) is 32.1 Å². The van der Waals surface area contributed by atoms with Gasteiger partial charge in [0.25, 0.3) is 0 Å². The number of pyridine rings is 1. The van der Waals surface area contributed by atoms with Gasteiger partial charge in [-0.15, -0.1) is 0 Å². The van der Waals surface area contributed by atoms with Crippen LogP contribution in [0.1, 0.15) is 0 Å². The number of hydrogen-bond acceptors (Lipinski definition) is 4. The number of aromatic nitrogens is 2. The van der Waals surface area contributed by atoms with Gasteiger partial charge in [0.05, 0.1) is 5.52 Å². The van der Waals surface area contributed by atoms with E-state index in [4.69, 9.17) is 0 Å². The van der Waals surface area contributed by atoms with E-state index in [1.165, 1.54) is 0 Å². The molecule has 0 aliphatic carbocycles. The third-order valence-corrected chi connectivity index (χ3v) is 3.99. The van der Waals surface area contributed by atoms with Crippen LogP contribution in [-0.4, -0.2) is 9.97 Å². The van der Waals surface area contributed by atoms with Crippen LogP contribution in [0.25, 0.3) is 21.3 Å². The van der Waals surface area contributed by atoms with Crippen molar-refractivity contribution in [2.45, 2.75) is 0 Å². The maximum absolute atomic E-state index is 4.66. The van der Waals surface area contributed by atoms with Crippen molar-refractivity contribution < 1.29 is 0 Å². The minimum absolute atomic E-state index is 0.869. The smallest absolute Gasteiger partial charge is 0.189 e. The lowest BCUT2D eigenvalue weighted by Crippen LogP contribution is -1.87. The number of fused-ring (bicyclic) bond motifs is 2. The molecular weight excluding hydrogens is 266 g/mol. The zero-order valence-electron chi connectivity index (χ0n) is 10.6. The zero-order chi connectivity index (χ0) is 13.4. The molecule has 0 unspecified atom stereocenters. The maximum atomic E-state index is 4.66. The molecular formula is C16H11N3S. The molecule has 0 radical (unpaired) electrons. The highest BCUT2D eigenvalue weighted by molar-refractivity contribution is 7.21. The number of para-hydroxylation sites is 2. The largest absolute Gasteiger partial charge is 0.331 e. The fraction of sp³-hybridized carbons (Fsp3) is 0. The predicted octanol–water partition coefficient (Wildman–Crippen LogP) is 4.59. The summed E-state index contributed by atoms with van der Waals surface area (Å²) in [6.45, 7) is 0. The second-order valence-electron chi connectivity index (χ2n) is 4.52. The molecule has 0 amide bonds. The van der Waals surface area contributed by atoms with E-state index >= 15 is 0 Å². The first kappa shape index (κ1) is 11.4. The quantitative estimate of drug-likeness (QED) is 0.582. The van der Waals surface area contributed by atoms with Crippen molar-refractivity contribution in [3.05, 3.63) is 60.7 Å².